The molecule has 1 saturated heterocycles. The van der Waals surface area contributed by atoms with Crippen molar-refractivity contribution in [3.8, 4) is 11.5 Å². The molecule has 30 heavy (non-hydrogen) atoms. The molecule has 2 aliphatic rings. The molecule has 0 spiro atoms. The van der Waals surface area contributed by atoms with Gasteiger partial charge in [0.1, 0.15) is 5.82 Å². The fourth-order valence-corrected chi connectivity index (χ4v) is 4.32. The number of anilines is 1. The maximum atomic E-state index is 13.1. The second-order valence-electron chi connectivity index (χ2n) is 7.93. The van der Waals surface area contributed by atoms with E-state index >= 15 is 0 Å². The summed E-state index contributed by atoms with van der Waals surface area (Å²) in [5.74, 6) is 1.09. The Bertz CT molecular complexity index is 1040. The van der Waals surface area contributed by atoms with Crippen LogP contribution in [0, 0.1) is 5.82 Å². The summed E-state index contributed by atoms with van der Waals surface area (Å²) in [6.07, 6.45) is 2.67. The summed E-state index contributed by atoms with van der Waals surface area (Å²) in [4.78, 5) is 16.9. The molecule has 0 N–H and O–H groups in total. The highest BCUT2D eigenvalue weighted by Gasteiger charge is 2.29. The van der Waals surface area contributed by atoms with E-state index in [4.69, 9.17) is 4.42 Å². The summed E-state index contributed by atoms with van der Waals surface area (Å²) in [6.45, 7) is 2.84. The van der Waals surface area contributed by atoms with E-state index in [2.05, 4.69) is 21.2 Å². The first-order valence-corrected chi connectivity index (χ1v) is 10.4. The molecule has 0 saturated carbocycles. The van der Waals surface area contributed by atoms with Gasteiger partial charge in [-0.3, -0.25) is 9.69 Å². The predicted molar refractivity (Wildman–Crippen MR) is 111 cm³/mol. The summed E-state index contributed by atoms with van der Waals surface area (Å²) >= 11 is 0. The van der Waals surface area contributed by atoms with Crippen molar-refractivity contribution in [3.05, 3.63) is 65.8 Å². The van der Waals surface area contributed by atoms with Gasteiger partial charge in [-0.1, -0.05) is 18.2 Å². The quantitative estimate of drug-likeness (QED) is 0.662. The van der Waals surface area contributed by atoms with Gasteiger partial charge in [0.05, 0.1) is 6.54 Å². The van der Waals surface area contributed by atoms with Crippen LogP contribution in [-0.4, -0.2) is 47.2 Å². The monoisotopic (exact) mass is 406 g/mol. The number of para-hydroxylation sites is 1. The van der Waals surface area contributed by atoms with Crippen molar-refractivity contribution in [2.45, 2.75) is 25.2 Å². The standard InChI is InChI=1S/C23H23FN4O2/c24-19-7-5-17(6-8-19)22-25-26-23(30-22)18-9-12-27(13-10-18)15-21(29)28-14-11-16-3-1-2-4-20(16)28/h1-8,18H,9-15H2. The lowest BCUT2D eigenvalue weighted by Gasteiger charge is -2.31. The Morgan fingerprint density at radius 1 is 1.03 bits per heavy atom. The molecule has 0 aliphatic carbocycles. The predicted octanol–water partition coefficient (Wildman–Crippen LogP) is 3.64. The van der Waals surface area contributed by atoms with E-state index < -0.39 is 0 Å². The van der Waals surface area contributed by atoms with E-state index in [1.54, 1.807) is 12.1 Å². The number of amides is 1. The van der Waals surface area contributed by atoms with Crippen molar-refractivity contribution in [2.75, 3.05) is 31.1 Å². The highest BCUT2D eigenvalue weighted by Crippen LogP contribution is 2.31. The minimum atomic E-state index is -0.294. The summed E-state index contributed by atoms with van der Waals surface area (Å²) in [6, 6.07) is 14.2. The Morgan fingerprint density at radius 2 is 1.80 bits per heavy atom. The van der Waals surface area contributed by atoms with Crippen LogP contribution in [0.1, 0.15) is 30.2 Å². The number of nitrogens with zero attached hydrogens (tertiary/aromatic N) is 4. The molecule has 7 heteroatoms. The topological polar surface area (TPSA) is 62.5 Å². The molecule has 0 bridgehead atoms. The molecule has 3 aromatic rings. The van der Waals surface area contributed by atoms with Crippen molar-refractivity contribution < 1.29 is 13.6 Å². The van der Waals surface area contributed by atoms with Crippen LogP contribution in [0.15, 0.2) is 52.9 Å². The van der Waals surface area contributed by atoms with Crippen LogP contribution in [-0.2, 0) is 11.2 Å². The molecule has 0 unspecified atom stereocenters. The Kier molecular flexibility index (Phi) is 5.04. The van der Waals surface area contributed by atoms with Crippen LogP contribution in [0.2, 0.25) is 0 Å². The zero-order valence-electron chi connectivity index (χ0n) is 16.6. The number of fused-ring (bicyclic) bond motifs is 1. The second-order valence-corrected chi connectivity index (χ2v) is 7.93. The van der Waals surface area contributed by atoms with Crippen LogP contribution in [0.25, 0.3) is 11.5 Å². The number of carbonyl (C=O) groups is 1. The third-order valence-corrected chi connectivity index (χ3v) is 6.02. The van der Waals surface area contributed by atoms with E-state index in [0.717, 1.165) is 44.6 Å². The molecule has 1 aromatic heterocycles. The molecule has 2 aliphatic heterocycles. The van der Waals surface area contributed by atoms with E-state index in [1.807, 2.05) is 23.1 Å². The molecular weight excluding hydrogens is 383 g/mol. The Labute approximate surface area is 174 Å². The van der Waals surface area contributed by atoms with Gasteiger partial charge in [-0.05, 0) is 68.2 Å². The molecule has 6 nitrogen and oxygen atoms in total. The Balaban J connectivity index is 1.17. The molecule has 1 fully saturated rings. The fourth-order valence-electron chi connectivity index (χ4n) is 4.32. The molecule has 154 valence electrons. The number of hydrogen-bond donors (Lipinski definition) is 0. The highest BCUT2D eigenvalue weighted by molar-refractivity contribution is 5.96. The average molecular weight is 406 g/mol. The largest absolute Gasteiger partial charge is 0.420 e. The van der Waals surface area contributed by atoms with Gasteiger partial charge in [0.15, 0.2) is 0 Å². The lowest BCUT2D eigenvalue weighted by molar-refractivity contribution is -0.119. The summed E-state index contributed by atoms with van der Waals surface area (Å²) in [5, 5.41) is 8.33. The number of benzene rings is 2. The lowest BCUT2D eigenvalue weighted by atomic mass is 9.97. The average Bonchev–Trinajstić information content (AvgIpc) is 3.42. The first-order chi connectivity index (χ1) is 14.7. The molecule has 5 rings (SSSR count). The van der Waals surface area contributed by atoms with Gasteiger partial charge in [0.2, 0.25) is 17.7 Å². The van der Waals surface area contributed by atoms with Crippen LogP contribution in [0.5, 0.6) is 0 Å². The van der Waals surface area contributed by atoms with Gasteiger partial charge in [-0.2, -0.15) is 0 Å². The Hall–Kier alpha value is -3.06. The van der Waals surface area contributed by atoms with E-state index in [-0.39, 0.29) is 17.6 Å². The molecule has 0 radical (unpaired) electrons. The van der Waals surface area contributed by atoms with E-state index in [0.29, 0.717) is 23.9 Å². The van der Waals surface area contributed by atoms with Crippen LogP contribution < -0.4 is 4.90 Å². The zero-order valence-corrected chi connectivity index (χ0v) is 16.6. The number of rotatable bonds is 4. The number of hydrogen-bond acceptors (Lipinski definition) is 5. The maximum absolute atomic E-state index is 13.1. The van der Waals surface area contributed by atoms with E-state index in [9.17, 15) is 9.18 Å². The lowest BCUT2D eigenvalue weighted by Crippen LogP contribution is -2.42. The fraction of sp³-hybridized carbons (Fsp3) is 0.348. The van der Waals surface area contributed by atoms with Crippen molar-refractivity contribution in [1.29, 1.82) is 0 Å². The summed E-state index contributed by atoms with van der Waals surface area (Å²) in [5.41, 5.74) is 3.01. The summed E-state index contributed by atoms with van der Waals surface area (Å²) < 4.78 is 18.9. The molecule has 1 amide bonds. The van der Waals surface area contributed by atoms with Crippen LogP contribution in [0.3, 0.4) is 0 Å². The van der Waals surface area contributed by atoms with Gasteiger partial charge in [0.25, 0.3) is 0 Å². The third kappa shape index (κ3) is 3.73. The normalized spacial score (nSPS) is 17.3. The summed E-state index contributed by atoms with van der Waals surface area (Å²) in [7, 11) is 0. The van der Waals surface area contributed by atoms with Crippen LogP contribution in [0.4, 0.5) is 10.1 Å². The Morgan fingerprint density at radius 3 is 2.60 bits per heavy atom. The smallest absolute Gasteiger partial charge is 0.247 e. The van der Waals surface area contributed by atoms with Crippen molar-refractivity contribution >= 4 is 11.6 Å². The second kappa shape index (κ2) is 7.99. The number of piperidine rings is 1. The van der Waals surface area contributed by atoms with Gasteiger partial charge in [0, 0.05) is 23.7 Å². The van der Waals surface area contributed by atoms with Gasteiger partial charge in [-0.25, -0.2) is 4.39 Å². The maximum Gasteiger partial charge on any atom is 0.247 e. The van der Waals surface area contributed by atoms with Gasteiger partial charge < -0.3 is 9.32 Å². The van der Waals surface area contributed by atoms with Gasteiger partial charge in [-0.15, -0.1) is 10.2 Å². The first kappa shape index (κ1) is 18.9. The number of carbonyl (C=O) groups excluding carboxylic acids is 1. The number of halogens is 1. The first-order valence-electron chi connectivity index (χ1n) is 10.4. The highest BCUT2D eigenvalue weighted by atomic mass is 19.1. The molecular formula is C23H23FN4O2. The van der Waals surface area contributed by atoms with Crippen molar-refractivity contribution in [2.24, 2.45) is 0 Å². The molecule has 2 aromatic carbocycles. The van der Waals surface area contributed by atoms with Crippen molar-refractivity contribution in [3.63, 3.8) is 0 Å². The zero-order chi connectivity index (χ0) is 20.5. The van der Waals surface area contributed by atoms with Crippen molar-refractivity contribution in [1.82, 2.24) is 15.1 Å². The van der Waals surface area contributed by atoms with E-state index in [1.165, 1.54) is 17.7 Å². The van der Waals surface area contributed by atoms with Crippen LogP contribution >= 0.6 is 0 Å². The third-order valence-electron chi connectivity index (χ3n) is 6.02. The number of aromatic nitrogens is 2. The number of likely N-dealkylation sites (tertiary alicyclic amines) is 1. The minimum absolute atomic E-state index is 0.162. The SMILES string of the molecule is O=C(CN1CCC(c2nnc(-c3ccc(F)cc3)o2)CC1)N1CCc2ccccc21. The molecule has 0 atom stereocenters. The molecule has 3 heterocycles. The van der Waals surface area contributed by atoms with Gasteiger partial charge >= 0.3 is 0 Å². The minimum Gasteiger partial charge on any atom is -0.420 e.